The molecule has 5 heteroatoms. The first-order valence-electron chi connectivity index (χ1n) is 5.73. The number of carboxylic acid groups (broad SMARTS) is 1. The third-order valence-corrected chi connectivity index (χ3v) is 2.76. The predicted molar refractivity (Wildman–Crippen MR) is 70.2 cm³/mol. The zero-order valence-corrected chi connectivity index (χ0v) is 11.1. The molecule has 2 N–H and O–H groups in total. The predicted octanol–water partition coefficient (Wildman–Crippen LogP) is 2.49. The highest BCUT2D eigenvalue weighted by Gasteiger charge is 2.16. The van der Waals surface area contributed by atoms with E-state index >= 15 is 0 Å². The van der Waals surface area contributed by atoms with Gasteiger partial charge in [0.1, 0.15) is 0 Å². The van der Waals surface area contributed by atoms with Crippen LogP contribution in [0.15, 0.2) is 12.1 Å². The first-order chi connectivity index (χ1) is 8.36. The fourth-order valence-electron chi connectivity index (χ4n) is 1.65. The van der Waals surface area contributed by atoms with Crippen molar-refractivity contribution < 1.29 is 14.7 Å². The van der Waals surface area contributed by atoms with Crippen LogP contribution in [-0.2, 0) is 0 Å². The molecule has 1 aromatic rings. The maximum atomic E-state index is 11.8. The lowest BCUT2D eigenvalue weighted by molar-refractivity contribution is 0.0698. The highest BCUT2D eigenvalue weighted by atomic mass is 16.4. The van der Waals surface area contributed by atoms with Crippen LogP contribution >= 0.6 is 0 Å². The van der Waals surface area contributed by atoms with E-state index in [1.54, 1.807) is 20.0 Å². The van der Waals surface area contributed by atoms with E-state index in [2.05, 4.69) is 5.32 Å². The molecule has 1 rings (SSSR count). The monoisotopic (exact) mass is 250 g/mol. The zero-order chi connectivity index (χ0) is 13.9. The Morgan fingerprint density at radius 2 is 1.94 bits per heavy atom. The molecular formula is C13H18N2O3. The summed E-state index contributed by atoms with van der Waals surface area (Å²) in [7, 11) is 1.65. The Labute approximate surface area is 106 Å². The Bertz CT molecular complexity index is 483. The molecule has 0 heterocycles. The van der Waals surface area contributed by atoms with Gasteiger partial charge in [-0.05, 0) is 38.0 Å². The number of hydrogen-bond donors (Lipinski definition) is 2. The minimum Gasteiger partial charge on any atom is -0.478 e. The fraction of sp³-hybridized carbons (Fsp3) is 0.385. The molecular weight excluding hydrogens is 232 g/mol. The van der Waals surface area contributed by atoms with Gasteiger partial charge in [-0.1, -0.05) is 6.07 Å². The Morgan fingerprint density at radius 1 is 1.33 bits per heavy atom. The normalized spacial score (nSPS) is 10.0. The Kier molecular flexibility index (Phi) is 4.31. The molecule has 0 aliphatic carbocycles. The molecule has 18 heavy (non-hydrogen) atoms. The van der Waals surface area contributed by atoms with Crippen LogP contribution in [0, 0.1) is 13.8 Å². The number of carboxylic acids is 1. The van der Waals surface area contributed by atoms with Crippen LogP contribution in [0.25, 0.3) is 0 Å². The van der Waals surface area contributed by atoms with Crippen LogP contribution in [0.1, 0.15) is 28.4 Å². The quantitative estimate of drug-likeness (QED) is 0.865. The van der Waals surface area contributed by atoms with Gasteiger partial charge in [-0.3, -0.25) is 0 Å². The molecule has 0 atom stereocenters. The summed E-state index contributed by atoms with van der Waals surface area (Å²) in [6.45, 7) is 6.00. The third-order valence-electron chi connectivity index (χ3n) is 2.76. The van der Waals surface area contributed by atoms with Gasteiger partial charge in [0.25, 0.3) is 0 Å². The molecule has 2 amide bonds. The number of carbonyl (C=O) groups is 2. The van der Waals surface area contributed by atoms with Gasteiger partial charge in [0.05, 0.1) is 11.3 Å². The smallest absolute Gasteiger partial charge is 0.337 e. The Balaban J connectivity index is 3.15. The molecule has 0 aliphatic rings. The fourth-order valence-corrected chi connectivity index (χ4v) is 1.65. The van der Waals surface area contributed by atoms with Gasteiger partial charge < -0.3 is 15.3 Å². The van der Waals surface area contributed by atoms with Gasteiger partial charge in [0.15, 0.2) is 0 Å². The molecule has 0 aliphatic heterocycles. The van der Waals surface area contributed by atoms with E-state index in [0.717, 1.165) is 11.1 Å². The van der Waals surface area contributed by atoms with Gasteiger partial charge in [-0.25, -0.2) is 9.59 Å². The first-order valence-corrected chi connectivity index (χ1v) is 5.73. The summed E-state index contributed by atoms with van der Waals surface area (Å²) in [5, 5.41) is 11.8. The number of carbonyl (C=O) groups excluding carboxylic acids is 1. The molecule has 0 radical (unpaired) electrons. The summed E-state index contributed by atoms with van der Waals surface area (Å²) >= 11 is 0. The van der Waals surface area contributed by atoms with Crippen LogP contribution in [0.5, 0.6) is 0 Å². The van der Waals surface area contributed by atoms with E-state index in [9.17, 15) is 9.59 Å². The molecule has 0 bridgehead atoms. The largest absolute Gasteiger partial charge is 0.478 e. The van der Waals surface area contributed by atoms with Crippen molar-refractivity contribution in [2.24, 2.45) is 0 Å². The second-order valence-electron chi connectivity index (χ2n) is 4.25. The number of nitrogens with zero attached hydrogens (tertiary/aromatic N) is 1. The lowest BCUT2D eigenvalue weighted by Gasteiger charge is -2.18. The van der Waals surface area contributed by atoms with Gasteiger partial charge >= 0.3 is 12.0 Å². The summed E-state index contributed by atoms with van der Waals surface area (Å²) in [5.41, 5.74) is 2.07. The number of hydrogen-bond acceptors (Lipinski definition) is 2. The molecule has 98 valence electrons. The average molecular weight is 250 g/mol. The van der Waals surface area contributed by atoms with Crippen molar-refractivity contribution in [1.82, 2.24) is 4.90 Å². The van der Waals surface area contributed by atoms with Crippen LogP contribution in [0.2, 0.25) is 0 Å². The summed E-state index contributed by atoms with van der Waals surface area (Å²) in [5.74, 6) is -1.05. The second-order valence-corrected chi connectivity index (χ2v) is 4.25. The van der Waals surface area contributed by atoms with Gasteiger partial charge in [-0.15, -0.1) is 0 Å². The van der Waals surface area contributed by atoms with Crippen molar-refractivity contribution in [3.8, 4) is 0 Å². The van der Waals surface area contributed by atoms with Gasteiger partial charge in [0.2, 0.25) is 0 Å². The summed E-state index contributed by atoms with van der Waals surface area (Å²) in [4.78, 5) is 24.4. The van der Waals surface area contributed by atoms with E-state index in [0.29, 0.717) is 12.2 Å². The van der Waals surface area contributed by atoms with Crippen molar-refractivity contribution in [3.63, 3.8) is 0 Å². The summed E-state index contributed by atoms with van der Waals surface area (Å²) in [6, 6.07) is 3.08. The number of benzene rings is 1. The van der Waals surface area contributed by atoms with Crippen molar-refractivity contribution >= 4 is 17.7 Å². The van der Waals surface area contributed by atoms with Gasteiger partial charge in [0, 0.05) is 13.6 Å². The molecule has 0 spiro atoms. The van der Waals surface area contributed by atoms with Crippen molar-refractivity contribution in [2.75, 3.05) is 18.9 Å². The Hall–Kier alpha value is -2.04. The average Bonchev–Trinajstić information content (AvgIpc) is 2.30. The third kappa shape index (κ3) is 3.00. The minimum absolute atomic E-state index is 0.116. The molecule has 0 saturated heterocycles. The van der Waals surface area contributed by atoms with E-state index in [1.165, 1.54) is 4.90 Å². The van der Waals surface area contributed by atoms with Crippen molar-refractivity contribution in [3.05, 3.63) is 28.8 Å². The number of aryl methyl sites for hydroxylation is 2. The van der Waals surface area contributed by atoms with E-state index in [4.69, 9.17) is 5.11 Å². The molecule has 0 saturated carbocycles. The minimum atomic E-state index is -1.05. The maximum absolute atomic E-state index is 11.8. The number of rotatable bonds is 3. The highest BCUT2D eigenvalue weighted by Crippen LogP contribution is 2.23. The number of nitrogens with one attached hydrogen (secondary N) is 1. The topological polar surface area (TPSA) is 69.6 Å². The van der Waals surface area contributed by atoms with Crippen LogP contribution in [0.4, 0.5) is 10.5 Å². The number of aromatic carboxylic acids is 1. The van der Waals surface area contributed by atoms with Crippen LogP contribution in [0.3, 0.4) is 0 Å². The van der Waals surface area contributed by atoms with Gasteiger partial charge in [-0.2, -0.15) is 0 Å². The van der Waals surface area contributed by atoms with Crippen molar-refractivity contribution in [2.45, 2.75) is 20.8 Å². The lowest BCUT2D eigenvalue weighted by Crippen LogP contribution is -2.31. The van der Waals surface area contributed by atoms with E-state index in [1.807, 2.05) is 19.9 Å². The maximum Gasteiger partial charge on any atom is 0.337 e. The lowest BCUT2D eigenvalue weighted by atomic mass is 10.0. The molecule has 5 nitrogen and oxygen atoms in total. The van der Waals surface area contributed by atoms with Crippen molar-refractivity contribution in [1.29, 1.82) is 0 Å². The molecule has 0 fully saturated rings. The number of amides is 2. The SMILES string of the molecule is CCN(C)C(=O)Nc1c(C)cc(C)cc1C(=O)O. The summed E-state index contributed by atoms with van der Waals surface area (Å²) in [6.07, 6.45) is 0. The standard InChI is InChI=1S/C13H18N2O3/c1-5-15(4)13(18)14-11-9(3)6-8(2)7-10(11)12(16)17/h6-7H,5H2,1-4H3,(H,14,18)(H,16,17). The first kappa shape index (κ1) is 14.0. The zero-order valence-electron chi connectivity index (χ0n) is 11.1. The van der Waals surface area contributed by atoms with E-state index in [-0.39, 0.29) is 11.6 Å². The Morgan fingerprint density at radius 3 is 2.44 bits per heavy atom. The van der Waals surface area contributed by atoms with E-state index < -0.39 is 5.97 Å². The molecule has 1 aromatic carbocycles. The molecule has 0 aromatic heterocycles. The summed E-state index contributed by atoms with van der Waals surface area (Å²) < 4.78 is 0. The van der Waals surface area contributed by atoms with Crippen LogP contribution < -0.4 is 5.32 Å². The van der Waals surface area contributed by atoms with Crippen LogP contribution in [-0.4, -0.2) is 35.6 Å². The molecule has 0 unspecified atom stereocenters. The highest BCUT2D eigenvalue weighted by molar-refractivity contribution is 6.01. The second kappa shape index (κ2) is 5.53. The number of urea groups is 1. The number of anilines is 1.